The summed E-state index contributed by atoms with van der Waals surface area (Å²) in [5.41, 5.74) is 5.71. The molecular weight excluding hydrogens is 140 g/mol. The van der Waals surface area contributed by atoms with Crippen molar-refractivity contribution >= 4 is 5.87 Å². The van der Waals surface area contributed by atoms with Crippen molar-refractivity contribution in [2.75, 3.05) is 20.3 Å². The van der Waals surface area contributed by atoms with Crippen LogP contribution in [0.25, 0.3) is 0 Å². The molecule has 0 bridgehead atoms. The first-order valence-corrected chi connectivity index (χ1v) is 3.60. The molecule has 0 unspecified atom stereocenters. The lowest BCUT2D eigenvalue weighted by Crippen LogP contribution is -2.33. The highest BCUT2D eigenvalue weighted by molar-refractivity contribution is 5.51. The molecular formula is C8H13N2O+. The molecule has 1 aliphatic rings. The Hall–Kier alpha value is -0.890. The van der Waals surface area contributed by atoms with E-state index in [2.05, 4.69) is 5.87 Å². The molecule has 11 heavy (non-hydrogen) atoms. The van der Waals surface area contributed by atoms with Gasteiger partial charge in [-0.05, 0) is 0 Å². The lowest BCUT2D eigenvalue weighted by Gasteiger charge is -2.04. The zero-order valence-corrected chi connectivity index (χ0v) is 6.66. The molecule has 0 saturated heterocycles. The molecule has 1 rings (SSSR count). The quantitative estimate of drug-likeness (QED) is 0.564. The SMILES string of the molecule is COC[C@H](N)C[N+]1=C=CC=C1. The molecule has 60 valence electrons. The summed E-state index contributed by atoms with van der Waals surface area (Å²) in [6.07, 6.45) is 5.73. The average Bonchev–Trinajstić information content (AvgIpc) is 2.40. The fourth-order valence-electron chi connectivity index (χ4n) is 0.962. The largest absolute Gasteiger partial charge is 0.383 e. The van der Waals surface area contributed by atoms with Crippen LogP contribution >= 0.6 is 0 Å². The molecule has 0 aromatic rings. The highest BCUT2D eigenvalue weighted by Gasteiger charge is 2.09. The second-order valence-corrected chi connectivity index (χ2v) is 2.51. The van der Waals surface area contributed by atoms with E-state index in [9.17, 15) is 0 Å². The number of hydrogen-bond acceptors (Lipinski definition) is 2. The van der Waals surface area contributed by atoms with Crippen LogP contribution in [0.5, 0.6) is 0 Å². The number of nitrogens with zero attached hydrogens (tertiary/aromatic N) is 1. The van der Waals surface area contributed by atoms with E-state index in [0.717, 1.165) is 6.54 Å². The summed E-state index contributed by atoms with van der Waals surface area (Å²) in [6.45, 7) is 1.35. The van der Waals surface area contributed by atoms with Crippen LogP contribution in [0.1, 0.15) is 0 Å². The van der Waals surface area contributed by atoms with E-state index in [1.807, 2.05) is 22.9 Å². The molecule has 2 N–H and O–H groups in total. The van der Waals surface area contributed by atoms with Crippen molar-refractivity contribution in [3.8, 4) is 0 Å². The molecule has 3 heteroatoms. The van der Waals surface area contributed by atoms with Crippen LogP contribution in [0, 0.1) is 0 Å². The van der Waals surface area contributed by atoms with Gasteiger partial charge in [0.15, 0.2) is 18.6 Å². The molecule has 0 spiro atoms. The Balaban J connectivity index is 2.30. The zero-order chi connectivity index (χ0) is 8.10. The van der Waals surface area contributed by atoms with Gasteiger partial charge in [0, 0.05) is 13.2 Å². The number of allylic oxidation sites excluding steroid dienone is 2. The van der Waals surface area contributed by atoms with Crippen LogP contribution in [-0.4, -0.2) is 36.7 Å². The lowest BCUT2D eigenvalue weighted by molar-refractivity contribution is -0.451. The third kappa shape index (κ3) is 2.68. The van der Waals surface area contributed by atoms with Crippen LogP contribution < -0.4 is 5.73 Å². The van der Waals surface area contributed by atoms with E-state index in [0.29, 0.717) is 6.61 Å². The van der Waals surface area contributed by atoms with Crippen LogP contribution in [0.4, 0.5) is 0 Å². The van der Waals surface area contributed by atoms with Crippen molar-refractivity contribution < 1.29 is 9.31 Å². The number of ether oxygens (including phenoxy) is 1. The Bertz CT molecular complexity index is 214. The van der Waals surface area contributed by atoms with E-state index >= 15 is 0 Å². The summed E-state index contributed by atoms with van der Waals surface area (Å²) in [4.78, 5) is 0. The standard InChI is InChI=1S/C8H13N2O/c1-11-7-8(9)6-10-4-2-3-5-10/h2-4,8H,6-7,9H2,1H3/q+1/t8-/m1/s1. The first-order chi connectivity index (χ1) is 5.33. The molecule has 1 aliphatic heterocycles. The summed E-state index contributed by atoms with van der Waals surface area (Å²) in [7, 11) is 1.65. The van der Waals surface area contributed by atoms with Crippen molar-refractivity contribution in [2.45, 2.75) is 6.04 Å². The molecule has 0 aromatic heterocycles. The highest BCUT2D eigenvalue weighted by atomic mass is 16.5. The average molecular weight is 153 g/mol. The first-order valence-electron chi connectivity index (χ1n) is 3.60. The number of rotatable bonds is 4. The van der Waals surface area contributed by atoms with Crippen molar-refractivity contribution in [1.29, 1.82) is 0 Å². The van der Waals surface area contributed by atoms with Gasteiger partial charge in [-0.1, -0.05) is 0 Å². The minimum Gasteiger partial charge on any atom is -0.383 e. The van der Waals surface area contributed by atoms with E-state index in [1.54, 1.807) is 7.11 Å². The topological polar surface area (TPSA) is 38.3 Å². The van der Waals surface area contributed by atoms with Gasteiger partial charge in [0.2, 0.25) is 0 Å². The van der Waals surface area contributed by atoms with Crippen LogP contribution in [0.3, 0.4) is 0 Å². The Kier molecular flexibility index (Phi) is 3.05. The maximum atomic E-state index is 5.71. The fraction of sp³-hybridized carbons (Fsp3) is 0.500. The maximum Gasteiger partial charge on any atom is 0.179 e. The van der Waals surface area contributed by atoms with Gasteiger partial charge in [0.25, 0.3) is 0 Å². The Morgan fingerprint density at radius 1 is 1.73 bits per heavy atom. The fourth-order valence-corrected chi connectivity index (χ4v) is 0.962. The van der Waals surface area contributed by atoms with Crippen LogP contribution in [0.2, 0.25) is 0 Å². The number of nitrogens with two attached hydrogens (primary N) is 1. The van der Waals surface area contributed by atoms with Gasteiger partial charge in [0.1, 0.15) is 0 Å². The van der Waals surface area contributed by atoms with Gasteiger partial charge in [-0.2, -0.15) is 4.58 Å². The normalized spacial score (nSPS) is 17.1. The Morgan fingerprint density at radius 3 is 3.09 bits per heavy atom. The summed E-state index contributed by atoms with van der Waals surface area (Å²) in [5, 5.41) is 0. The molecule has 0 aromatic carbocycles. The second kappa shape index (κ2) is 4.09. The molecule has 3 nitrogen and oxygen atoms in total. The predicted octanol–water partition coefficient (Wildman–Crippen LogP) is -0.274. The maximum absolute atomic E-state index is 5.71. The molecule has 1 atom stereocenters. The monoisotopic (exact) mass is 153 g/mol. The lowest BCUT2D eigenvalue weighted by atomic mass is 10.3. The predicted molar refractivity (Wildman–Crippen MR) is 43.7 cm³/mol. The molecule has 0 aliphatic carbocycles. The first kappa shape index (κ1) is 8.21. The van der Waals surface area contributed by atoms with E-state index in [4.69, 9.17) is 10.5 Å². The molecule has 1 heterocycles. The summed E-state index contributed by atoms with van der Waals surface area (Å²) in [6, 6.07) is 0.0589. The van der Waals surface area contributed by atoms with E-state index < -0.39 is 0 Å². The highest BCUT2D eigenvalue weighted by Crippen LogP contribution is 1.88. The Labute approximate surface area is 66.5 Å². The van der Waals surface area contributed by atoms with Gasteiger partial charge in [-0.3, -0.25) is 0 Å². The summed E-state index contributed by atoms with van der Waals surface area (Å²) >= 11 is 0. The molecule has 0 amide bonds. The Morgan fingerprint density at radius 2 is 2.55 bits per heavy atom. The van der Waals surface area contributed by atoms with Crippen molar-refractivity contribution in [1.82, 2.24) is 0 Å². The van der Waals surface area contributed by atoms with Crippen LogP contribution in [0.15, 0.2) is 18.4 Å². The number of methoxy groups -OCH3 is 1. The van der Waals surface area contributed by atoms with Gasteiger partial charge in [-0.25, -0.2) is 0 Å². The van der Waals surface area contributed by atoms with Crippen molar-refractivity contribution in [3.63, 3.8) is 0 Å². The van der Waals surface area contributed by atoms with E-state index in [-0.39, 0.29) is 6.04 Å². The summed E-state index contributed by atoms with van der Waals surface area (Å²) < 4.78 is 6.82. The third-order valence-corrected chi connectivity index (χ3v) is 1.41. The minimum absolute atomic E-state index is 0.0589. The number of hydrogen-bond donors (Lipinski definition) is 1. The zero-order valence-electron chi connectivity index (χ0n) is 6.66. The summed E-state index contributed by atoms with van der Waals surface area (Å²) in [5.74, 6) is 3.01. The third-order valence-electron chi connectivity index (χ3n) is 1.41. The van der Waals surface area contributed by atoms with Gasteiger partial charge < -0.3 is 10.5 Å². The smallest absolute Gasteiger partial charge is 0.179 e. The van der Waals surface area contributed by atoms with Gasteiger partial charge >= 0.3 is 0 Å². The second-order valence-electron chi connectivity index (χ2n) is 2.51. The minimum atomic E-state index is 0.0589. The van der Waals surface area contributed by atoms with Crippen molar-refractivity contribution in [2.24, 2.45) is 5.73 Å². The van der Waals surface area contributed by atoms with Crippen molar-refractivity contribution in [3.05, 3.63) is 18.4 Å². The van der Waals surface area contributed by atoms with Gasteiger partial charge in [0.05, 0.1) is 18.7 Å². The molecule has 0 saturated carbocycles. The van der Waals surface area contributed by atoms with Crippen LogP contribution in [-0.2, 0) is 4.74 Å². The van der Waals surface area contributed by atoms with Gasteiger partial charge in [-0.15, -0.1) is 0 Å². The molecule has 0 fully saturated rings. The molecule has 0 radical (unpaired) electrons. The van der Waals surface area contributed by atoms with E-state index in [1.165, 1.54) is 0 Å².